The molecule has 2 aromatic carbocycles. The number of benzene rings is 2. The van der Waals surface area contributed by atoms with Crippen molar-refractivity contribution in [2.75, 3.05) is 4.90 Å². The second-order valence-electron chi connectivity index (χ2n) is 7.76. The Labute approximate surface area is 173 Å². The van der Waals surface area contributed by atoms with Gasteiger partial charge in [0.25, 0.3) is 5.91 Å². The van der Waals surface area contributed by atoms with Gasteiger partial charge in [-0.2, -0.15) is 0 Å². The van der Waals surface area contributed by atoms with E-state index in [1.54, 1.807) is 47.5 Å². The van der Waals surface area contributed by atoms with Gasteiger partial charge in [0.1, 0.15) is 11.4 Å². The summed E-state index contributed by atoms with van der Waals surface area (Å²) in [4.78, 5) is 32.8. The number of aromatic nitrogens is 1. The summed E-state index contributed by atoms with van der Waals surface area (Å²) in [5, 5.41) is 0.468. The topological polar surface area (TPSA) is 63.4 Å². The fourth-order valence-electron chi connectivity index (χ4n) is 4.03. The lowest BCUT2D eigenvalue weighted by atomic mass is 9.95. The average Bonchev–Trinajstić information content (AvgIpc) is 3.07. The second kappa shape index (κ2) is 6.95. The van der Waals surface area contributed by atoms with Gasteiger partial charge >= 0.3 is 0 Å². The maximum absolute atomic E-state index is 13.4. The molecule has 1 aliphatic rings. The summed E-state index contributed by atoms with van der Waals surface area (Å²) in [6, 6.07) is 19.9. The first-order valence-corrected chi connectivity index (χ1v) is 9.96. The Morgan fingerprint density at radius 2 is 1.67 bits per heavy atom. The van der Waals surface area contributed by atoms with Crippen molar-refractivity contribution < 1.29 is 9.21 Å². The molecular formula is C25H20N2O3. The summed E-state index contributed by atoms with van der Waals surface area (Å²) in [7, 11) is 0. The molecule has 5 nitrogen and oxygen atoms in total. The molecule has 0 bridgehead atoms. The summed E-state index contributed by atoms with van der Waals surface area (Å²) in [6.07, 6.45) is 1.64. The van der Waals surface area contributed by atoms with Crippen molar-refractivity contribution in [2.45, 2.75) is 25.8 Å². The standard InChI is InChI=1S/C25H20N2O3/c1-15(2)16-10-12-17(13-11-16)22-21-23(28)18-7-3-4-8-19(18)30-24(21)25(29)27(22)20-9-5-6-14-26-20/h3-15,22H,1-2H3. The van der Waals surface area contributed by atoms with Gasteiger partial charge in [-0.1, -0.05) is 56.3 Å². The minimum absolute atomic E-state index is 0.0855. The van der Waals surface area contributed by atoms with Gasteiger partial charge in [-0.3, -0.25) is 14.5 Å². The Kier molecular flexibility index (Phi) is 4.24. The molecule has 1 unspecified atom stereocenters. The van der Waals surface area contributed by atoms with E-state index < -0.39 is 6.04 Å². The number of para-hydroxylation sites is 1. The van der Waals surface area contributed by atoms with E-state index in [9.17, 15) is 9.59 Å². The molecule has 4 aromatic rings. The number of hydrogen-bond acceptors (Lipinski definition) is 4. The van der Waals surface area contributed by atoms with E-state index in [0.717, 1.165) is 5.56 Å². The number of carbonyl (C=O) groups excluding carboxylic acids is 1. The number of pyridine rings is 1. The van der Waals surface area contributed by atoms with E-state index in [1.165, 1.54) is 5.56 Å². The molecule has 0 N–H and O–H groups in total. The van der Waals surface area contributed by atoms with E-state index in [1.807, 2.05) is 30.3 Å². The molecule has 0 aliphatic carbocycles. The SMILES string of the molecule is CC(C)c1ccc(C2c3c(oc4ccccc4c3=O)C(=O)N2c2ccccn2)cc1. The third kappa shape index (κ3) is 2.74. The van der Waals surface area contributed by atoms with Crippen LogP contribution in [0.1, 0.15) is 53.1 Å². The Hall–Kier alpha value is -3.73. The fourth-order valence-corrected chi connectivity index (χ4v) is 4.03. The van der Waals surface area contributed by atoms with Crippen LogP contribution in [0.25, 0.3) is 11.0 Å². The highest BCUT2D eigenvalue weighted by atomic mass is 16.3. The molecule has 1 amide bonds. The first-order valence-electron chi connectivity index (χ1n) is 9.96. The smallest absolute Gasteiger partial charge is 0.296 e. The number of rotatable bonds is 3. The van der Waals surface area contributed by atoms with Crippen LogP contribution in [0.3, 0.4) is 0 Å². The molecule has 5 rings (SSSR count). The largest absolute Gasteiger partial charge is 0.450 e. The maximum atomic E-state index is 13.4. The molecule has 0 fully saturated rings. The van der Waals surface area contributed by atoms with Crippen LogP contribution in [-0.2, 0) is 0 Å². The van der Waals surface area contributed by atoms with Crippen molar-refractivity contribution >= 4 is 22.7 Å². The van der Waals surface area contributed by atoms with Crippen LogP contribution in [0.2, 0.25) is 0 Å². The summed E-state index contributed by atoms with van der Waals surface area (Å²) < 4.78 is 5.94. The average molecular weight is 396 g/mol. The minimum atomic E-state index is -0.593. The van der Waals surface area contributed by atoms with E-state index in [4.69, 9.17) is 4.42 Å². The molecule has 1 atom stereocenters. The third-order valence-corrected chi connectivity index (χ3v) is 5.59. The van der Waals surface area contributed by atoms with Crippen molar-refractivity contribution in [3.05, 3.63) is 106 Å². The lowest BCUT2D eigenvalue weighted by Crippen LogP contribution is -2.30. The van der Waals surface area contributed by atoms with E-state index in [-0.39, 0.29) is 17.1 Å². The van der Waals surface area contributed by atoms with Crippen molar-refractivity contribution in [3.8, 4) is 0 Å². The molecule has 0 radical (unpaired) electrons. The van der Waals surface area contributed by atoms with Gasteiger partial charge in [-0.15, -0.1) is 0 Å². The zero-order chi connectivity index (χ0) is 20.8. The third-order valence-electron chi connectivity index (χ3n) is 5.59. The number of hydrogen-bond donors (Lipinski definition) is 0. The summed E-state index contributed by atoms with van der Waals surface area (Å²) >= 11 is 0. The summed E-state index contributed by atoms with van der Waals surface area (Å²) in [5.74, 6) is 0.597. The zero-order valence-electron chi connectivity index (χ0n) is 16.7. The Bertz CT molecular complexity index is 1310. The highest BCUT2D eigenvalue weighted by Gasteiger charge is 2.44. The fraction of sp³-hybridized carbons (Fsp3) is 0.160. The number of fused-ring (bicyclic) bond motifs is 2. The number of carbonyl (C=O) groups is 1. The van der Waals surface area contributed by atoms with Crippen molar-refractivity contribution in [2.24, 2.45) is 0 Å². The lowest BCUT2D eigenvalue weighted by molar-refractivity contribution is 0.0970. The highest BCUT2D eigenvalue weighted by Crippen LogP contribution is 2.40. The molecule has 0 saturated carbocycles. The van der Waals surface area contributed by atoms with E-state index >= 15 is 0 Å². The molecule has 0 saturated heterocycles. The molecule has 0 spiro atoms. The molecule has 1 aliphatic heterocycles. The molecule has 30 heavy (non-hydrogen) atoms. The maximum Gasteiger partial charge on any atom is 0.296 e. The normalized spacial score (nSPS) is 15.8. The van der Waals surface area contributed by atoms with Crippen LogP contribution < -0.4 is 10.3 Å². The van der Waals surface area contributed by atoms with Crippen LogP contribution in [0.15, 0.2) is 82.1 Å². The number of amides is 1. The number of anilines is 1. The minimum Gasteiger partial charge on any atom is -0.450 e. The first-order chi connectivity index (χ1) is 14.6. The lowest BCUT2D eigenvalue weighted by Gasteiger charge is -2.24. The number of nitrogens with zero attached hydrogens (tertiary/aromatic N) is 2. The van der Waals surface area contributed by atoms with Gasteiger partial charge in [0, 0.05) is 6.20 Å². The van der Waals surface area contributed by atoms with Crippen molar-refractivity contribution in [1.82, 2.24) is 4.98 Å². The second-order valence-corrected chi connectivity index (χ2v) is 7.76. The molecular weight excluding hydrogens is 376 g/mol. The van der Waals surface area contributed by atoms with Gasteiger partial charge < -0.3 is 4.42 Å². The molecule has 148 valence electrons. The Morgan fingerprint density at radius 3 is 2.37 bits per heavy atom. The van der Waals surface area contributed by atoms with E-state index in [0.29, 0.717) is 28.3 Å². The van der Waals surface area contributed by atoms with Crippen LogP contribution in [0.5, 0.6) is 0 Å². The summed E-state index contributed by atoms with van der Waals surface area (Å²) in [6.45, 7) is 4.26. The van der Waals surface area contributed by atoms with Crippen molar-refractivity contribution in [3.63, 3.8) is 0 Å². The van der Waals surface area contributed by atoms with Gasteiger partial charge in [-0.05, 0) is 41.3 Å². The highest BCUT2D eigenvalue weighted by molar-refractivity contribution is 6.10. The van der Waals surface area contributed by atoms with Crippen LogP contribution in [0, 0.1) is 0 Å². The van der Waals surface area contributed by atoms with Gasteiger partial charge in [0.2, 0.25) is 5.76 Å². The molecule has 3 heterocycles. The van der Waals surface area contributed by atoms with Gasteiger partial charge in [-0.25, -0.2) is 4.98 Å². The Balaban J connectivity index is 1.78. The first kappa shape index (κ1) is 18.3. The zero-order valence-corrected chi connectivity index (χ0v) is 16.7. The van der Waals surface area contributed by atoms with Gasteiger partial charge in [0.15, 0.2) is 5.43 Å². The molecule has 2 aromatic heterocycles. The quantitative estimate of drug-likeness (QED) is 0.485. The van der Waals surface area contributed by atoms with Gasteiger partial charge in [0.05, 0.1) is 17.0 Å². The monoisotopic (exact) mass is 396 g/mol. The van der Waals surface area contributed by atoms with E-state index in [2.05, 4.69) is 18.8 Å². The molecule has 5 heteroatoms. The van der Waals surface area contributed by atoms with Crippen LogP contribution in [0.4, 0.5) is 5.82 Å². The van der Waals surface area contributed by atoms with Crippen LogP contribution in [-0.4, -0.2) is 10.9 Å². The van der Waals surface area contributed by atoms with Crippen molar-refractivity contribution in [1.29, 1.82) is 0 Å². The summed E-state index contributed by atoms with van der Waals surface area (Å²) in [5.41, 5.74) is 2.63. The predicted molar refractivity (Wildman–Crippen MR) is 116 cm³/mol. The predicted octanol–water partition coefficient (Wildman–Crippen LogP) is 5.06. The Morgan fingerprint density at radius 1 is 0.933 bits per heavy atom. The van der Waals surface area contributed by atoms with Crippen LogP contribution >= 0.6 is 0 Å².